The fourth-order valence-electron chi connectivity index (χ4n) is 6.36. The second-order valence-electron chi connectivity index (χ2n) is 12.7. The number of carboxylic acid groups (broad SMARTS) is 1. The number of pyridine rings is 1. The molecule has 0 bridgehead atoms. The van der Waals surface area contributed by atoms with Crippen LogP contribution in [0.2, 0.25) is 5.02 Å². The van der Waals surface area contributed by atoms with E-state index in [1.54, 1.807) is 42.2 Å². The van der Waals surface area contributed by atoms with Crippen molar-refractivity contribution in [3.05, 3.63) is 94.7 Å². The Morgan fingerprint density at radius 1 is 1.16 bits per heavy atom. The Bertz CT molecular complexity index is 1810. The van der Waals surface area contributed by atoms with E-state index in [1.807, 2.05) is 31.4 Å². The summed E-state index contributed by atoms with van der Waals surface area (Å²) in [4.78, 5) is 23.4. The Labute approximate surface area is 295 Å². The maximum atomic E-state index is 11.6. The molecule has 4 aromatic rings. The third-order valence-corrected chi connectivity index (χ3v) is 10.1. The molecule has 0 amide bonds. The Kier molecular flexibility index (Phi) is 10.7. The highest BCUT2D eigenvalue weighted by molar-refractivity contribution is 7.98. The van der Waals surface area contributed by atoms with Crippen molar-refractivity contribution in [3.63, 3.8) is 0 Å². The van der Waals surface area contributed by atoms with E-state index >= 15 is 0 Å². The maximum absolute atomic E-state index is 11.6. The predicted molar refractivity (Wildman–Crippen MR) is 191 cm³/mol. The van der Waals surface area contributed by atoms with E-state index in [4.69, 9.17) is 41.6 Å². The van der Waals surface area contributed by atoms with Gasteiger partial charge in [0.1, 0.15) is 17.3 Å². The highest BCUT2D eigenvalue weighted by atomic mass is 35.5. The van der Waals surface area contributed by atoms with Crippen LogP contribution in [-0.2, 0) is 23.6 Å². The third kappa shape index (κ3) is 7.84. The van der Waals surface area contributed by atoms with Crippen LogP contribution in [-0.4, -0.2) is 79.5 Å². The number of para-hydroxylation sites is 1. The molecule has 4 N–H and O–H groups in total. The van der Waals surface area contributed by atoms with Gasteiger partial charge in [0.15, 0.2) is 11.5 Å². The summed E-state index contributed by atoms with van der Waals surface area (Å²) in [6.45, 7) is 9.15. The normalized spacial score (nSPS) is 21.1. The van der Waals surface area contributed by atoms with Gasteiger partial charge in [-0.1, -0.05) is 30.3 Å². The zero-order valence-corrected chi connectivity index (χ0v) is 29.3. The van der Waals surface area contributed by atoms with E-state index in [0.29, 0.717) is 29.7 Å². The standard InChI is InChI=1S/C31H31ClN4O5.C5H11NOS/c1-31(27-8-6-21(32)16-33-27)40-26-4-2-3-23(29(26)41-31)19-9-12-35(13-10-19)18-28-34-24-7-5-20(30(37)38)15-25(24)36(28)17-22-11-14-39-22;1-4(7)5(6)3-8-2/h2-8,15-16,19,22H,9-14,17-18H2,1H3,(H,37,38);5,7H,1,3,6H2,2H3/t22?,31-;5-/m00/s1. The summed E-state index contributed by atoms with van der Waals surface area (Å²) in [5.74, 6) is 1.67. The highest BCUT2D eigenvalue weighted by Gasteiger charge is 2.42. The number of halogens is 1. The Hall–Kier alpha value is -3.81. The summed E-state index contributed by atoms with van der Waals surface area (Å²) in [7, 11) is 0. The van der Waals surface area contributed by atoms with Gasteiger partial charge in [0.05, 0.1) is 46.9 Å². The van der Waals surface area contributed by atoms with Gasteiger partial charge in [0.25, 0.3) is 5.79 Å². The molecular weight excluding hydrogens is 666 g/mol. The molecule has 2 fully saturated rings. The van der Waals surface area contributed by atoms with Crippen molar-refractivity contribution in [2.45, 2.75) is 63.1 Å². The highest BCUT2D eigenvalue weighted by Crippen LogP contribution is 2.49. The van der Waals surface area contributed by atoms with Crippen molar-refractivity contribution in [3.8, 4) is 11.5 Å². The summed E-state index contributed by atoms with van der Waals surface area (Å²) >= 11 is 7.63. The number of benzene rings is 2. The van der Waals surface area contributed by atoms with Gasteiger partial charge in [-0.3, -0.25) is 9.88 Å². The van der Waals surface area contributed by atoms with E-state index in [2.05, 4.69) is 27.1 Å². The first kappa shape index (κ1) is 35.0. The Balaban J connectivity index is 0.000000466. The summed E-state index contributed by atoms with van der Waals surface area (Å²) < 4.78 is 20.6. The summed E-state index contributed by atoms with van der Waals surface area (Å²) in [6.07, 6.45) is 6.64. The minimum absolute atomic E-state index is 0.0688. The van der Waals surface area contributed by atoms with Gasteiger partial charge < -0.3 is 34.7 Å². The first-order valence-electron chi connectivity index (χ1n) is 16.4. The van der Waals surface area contributed by atoms with Gasteiger partial charge in [-0.25, -0.2) is 9.78 Å². The number of hydrogen-bond acceptors (Lipinski definition) is 10. The number of fused-ring (bicyclic) bond motifs is 2. The maximum Gasteiger partial charge on any atom is 0.335 e. The first-order chi connectivity index (χ1) is 23.5. The number of nitrogens with two attached hydrogens (primary N) is 1. The number of carboxylic acids is 1. The smallest absolute Gasteiger partial charge is 0.335 e. The number of carbonyl (C=O) groups is 1. The van der Waals surface area contributed by atoms with Crippen molar-refractivity contribution >= 4 is 40.4 Å². The zero-order valence-electron chi connectivity index (χ0n) is 27.7. The van der Waals surface area contributed by atoms with Gasteiger partial charge in [-0.05, 0) is 80.9 Å². The van der Waals surface area contributed by atoms with Crippen molar-refractivity contribution in [2.75, 3.05) is 31.7 Å². The lowest BCUT2D eigenvalue weighted by atomic mass is 9.88. The van der Waals surface area contributed by atoms with Gasteiger partial charge in [0.2, 0.25) is 0 Å². The molecule has 1 unspecified atom stereocenters. The number of aromatic carboxylic acids is 1. The number of likely N-dealkylation sites (tertiary alicyclic amines) is 1. The minimum Gasteiger partial charge on any atom is -0.511 e. The second kappa shape index (κ2) is 15.0. The van der Waals surface area contributed by atoms with Gasteiger partial charge in [-0.15, -0.1) is 0 Å². The van der Waals surface area contributed by atoms with Crippen molar-refractivity contribution in [1.29, 1.82) is 0 Å². The molecule has 49 heavy (non-hydrogen) atoms. The van der Waals surface area contributed by atoms with E-state index in [-0.39, 0.29) is 23.5 Å². The average molecular weight is 708 g/mol. The number of imidazole rings is 1. The van der Waals surface area contributed by atoms with E-state index in [9.17, 15) is 9.90 Å². The number of piperidine rings is 1. The third-order valence-electron chi connectivity index (χ3n) is 9.22. The summed E-state index contributed by atoms with van der Waals surface area (Å²) in [5, 5.41) is 18.7. The van der Waals surface area contributed by atoms with E-state index in [0.717, 1.165) is 78.6 Å². The predicted octanol–water partition coefficient (Wildman–Crippen LogP) is 6.34. The fourth-order valence-corrected chi connectivity index (χ4v) is 7.02. The SMILES string of the molecule is C=C(O)[C@@H](N)CSC.C[C@]1(c2ccc(Cl)cn2)Oc2cccc(C3CCN(Cc4nc5ccc(C(=O)O)cc5n4CC4CCO4)CC3)c2O1. The van der Waals surface area contributed by atoms with Crippen LogP contribution in [0.3, 0.4) is 0 Å². The molecule has 11 nitrogen and oxygen atoms in total. The molecule has 3 aliphatic heterocycles. The largest absolute Gasteiger partial charge is 0.511 e. The summed E-state index contributed by atoms with van der Waals surface area (Å²) in [6, 6.07) is 14.6. The lowest BCUT2D eigenvalue weighted by Gasteiger charge is -2.33. The quantitative estimate of drug-likeness (QED) is 0.159. The van der Waals surface area contributed by atoms with Gasteiger partial charge in [0, 0.05) is 31.0 Å². The fraction of sp³-hybridized carbons (Fsp3) is 0.417. The molecule has 2 aromatic carbocycles. The van der Waals surface area contributed by atoms with Crippen LogP contribution in [0.1, 0.15) is 59.5 Å². The van der Waals surface area contributed by atoms with Crippen molar-refractivity contribution < 1.29 is 29.2 Å². The number of rotatable bonds is 10. The molecule has 0 aliphatic carbocycles. The number of aliphatic hydroxyl groups is 1. The minimum atomic E-state index is -1.01. The molecule has 0 radical (unpaired) electrons. The number of aliphatic hydroxyl groups excluding tert-OH is 1. The van der Waals surface area contributed by atoms with Crippen LogP contribution >= 0.6 is 23.4 Å². The van der Waals surface area contributed by atoms with Gasteiger partial charge >= 0.3 is 5.97 Å². The topological polar surface area (TPSA) is 145 Å². The number of thioether (sulfide) groups is 1. The lowest BCUT2D eigenvalue weighted by molar-refractivity contribution is -0.0722. The molecule has 260 valence electrons. The number of nitrogens with zero attached hydrogens (tertiary/aromatic N) is 4. The first-order valence-corrected chi connectivity index (χ1v) is 18.1. The molecule has 3 atom stereocenters. The van der Waals surface area contributed by atoms with Gasteiger partial charge in [-0.2, -0.15) is 11.8 Å². The molecule has 13 heteroatoms. The Morgan fingerprint density at radius 2 is 1.94 bits per heavy atom. The van der Waals surface area contributed by atoms with Crippen molar-refractivity contribution in [1.82, 2.24) is 19.4 Å². The molecule has 5 heterocycles. The van der Waals surface area contributed by atoms with Crippen molar-refractivity contribution in [2.24, 2.45) is 5.73 Å². The molecule has 2 aromatic heterocycles. The average Bonchev–Trinajstić information content (AvgIpc) is 3.60. The molecule has 0 spiro atoms. The monoisotopic (exact) mass is 707 g/mol. The van der Waals surface area contributed by atoms with Crippen LogP contribution in [0.4, 0.5) is 0 Å². The van der Waals surface area contributed by atoms with Crippen LogP contribution in [0.15, 0.2) is 67.1 Å². The second-order valence-corrected chi connectivity index (χ2v) is 14.1. The van der Waals surface area contributed by atoms with Crippen LogP contribution in [0, 0.1) is 0 Å². The molecule has 3 aliphatic rings. The molecular formula is C36H42ClN5O6S. The Morgan fingerprint density at radius 3 is 2.55 bits per heavy atom. The summed E-state index contributed by atoms with van der Waals surface area (Å²) in [5.41, 5.74) is 9.12. The van der Waals surface area contributed by atoms with Crippen LogP contribution < -0.4 is 15.2 Å². The molecule has 7 rings (SSSR count). The van der Waals surface area contributed by atoms with Crippen LogP contribution in [0.25, 0.3) is 11.0 Å². The molecule has 0 saturated carbocycles. The zero-order chi connectivity index (χ0) is 34.7. The number of hydrogen-bond donors (Lipinski definition) is 3. The lowest BCUT2D eigenvalue weighted by Crippen LogP contribution is -2.35. The molecule has 2 saturated heterocycles. The van der Waals surface area contributed by atoms with Crippen LogP contribution in [0.5, 0.6) is 11.5 Å². The van der Waals surface area contributed by atoms with E-state index < -0.39 is 11.8 Å². The van der Waals surface area contributed by atoms with E-state index in [1.165, 1.54) is 0 Å². The number of aromatic nitrogens is 3. The number of ether oxygens (including phenoxy) is 3.